The van der Waals surface area contributed by atoms with Gasteiger partial charge in [0.1, 0.15) is 17.2 Å². The normalized spacial score (nSPS) is 13.4. The first-order valence-electron chi connectivity index (χ1n) is 16.3. The summed E-state index contributed by atoms with van der Waals surface area (Å²) in [6, 6.07) is 14.3. The monoisotopic (exact) mass is 942 g/mol. The van der Waals surface area contributed by atoms with Gasteiger partial charge in [0.25, 0.3) is 0 Å². The van der Waals surface area contributed by atoms with Crippen molar-refractivity contribution >= 4 is 68.2 Å². The van der Waals surface area contributed by atoms with E-state index in [-0.39, 0.29) is 29.8 Å². The van der Waals surface area contributed by atoms with Crippen LogP contribution >= 0.6 is 45.2 Å². The molecule has 2 aromatic heterocycles. The standard InChI is InChI=1S/C18H21F3IN3O.C17H17F3IN3O/c1-3-4-5-6-11-26-17-23-12-15(18(19,20)21)16(24-17)25(2)14-9-7-13(22)8-10-14;1-24(12-8-6-11(21)7-9-12)15-14(17(18,19)20)10-22-16(23-15)25-13-4-2-3-5-13/h7-10,12H,3-6,11H2,1-2H3;6-10,13H,2-5H2,1H3. The smallest absolute Gasteiger partial charge is 0.421 e. The number of halogens is 8. The fourth-order valence-corrected chi connectivity index (χ4v) is 5.89. The van der Waals surface area contributed by atoms with Crippen LogP contribution in [0.15, 0.2) is 60.9 Å². The summed E-state index contributed by atoms with van der Waals surface area (Å²) in [7, 11) is 3.10. The van der Waals surface area contributed by atoms with Crippen molar-refractivity contribution in [3.8, 4) is 12.0 Å². The zero-order chi connectivity index (χ0) is 37.2. The molecule has 0 atom stereocenters. The highest BCUT2D eigenvalue weighted by molar-refractivity contribution is 14.1. The van der Waals surface area contributed by atoms with Crippen molar-refractivity contribution < 1.29 is 35.8 Å². The van der Waals surface area contributed by atoms with Crippen LogP contribution in [0.1, 0.15) is 69.4 Å². The summed E-state index contributed by atoms with van der Waals surface area (Å²) in [6.07, 6.45) is 0.370. The molecule has 0 unspecified atom stereocenters. The van der Waals surface area contributed by atoms with Crippen molar-refractivity contribution in [2.75, 3.05) is 30.5 Å². The molecule has 0 radical (unpaired) electrons. The van der Waals surface area contributed by atoms with E-state index >= 15 is 0 Å². The van der Waals surface area contributed by atoms with Crippen LogP contribution in [0.5, 0.6) is 12.0 Å². The molecule has 1 saturated carbocycles. The molecule has 276 valence electrons. The predicted octanol–water partition coefficient (Wildman–Crippen LogP) is 11.0. The maximum atomic E-state index is 13.4. The number of nitrogens with zero attached hydrogens (tertiary/aromatic N) is 6. The van der Waals surface area contributed by atoms with E-state index in [2.05, 4.69) is 72.0 Å². The van der Waals surface area contributed by atoms with Gasteiger partial charge < -0.3 is 19.3 Å². The van der Waals surface area contributed by atoms with Crippen molar-refractivity contribution in [2.45, 2.75) is 76.7 Å². The van der Waals surface area contributed by atoms with E-state index in [4.69, 9.17) is 9.47 Å². The first-order valence-corrected chi connectivity index (χ1v) is 18.5. The van der Waals surface area contributed by atoms with Crippen LogP contribution in [-0.4, -0.2) is 46.7 Å². The van der Waals surface area contributed by atoms with Crippen molar-refractivity contribution in [2.24, 2.45) is 0 Å². The summed E-state index contributed by atoms with van der Waals surface area (Å²) in [5, 5.41) is 0. The highest BCUT2D eigenvalue weighted by atomic mass is 127. The van der Waals surface area contributed by atoms with E-state index in [1.807, 2.05) is 24.3 Å². The van der Waals surface area contributed by atoms with Gasteiger partial charge in [-0.05, 0) is 126 Å². The third kappa shape index (κ3) is 11.9. The van der Waals surface area contributed by atoms with Crippen LogP contribution in [0.4, 0.5) is 49.4 Å². The molecule has 0 amide bonds. The van der Waals surface area contributed by atoms with Gasteiger partial charge in [-0.1, -0.05) is 26.2 Å². The quantitative estimate of drug-likeness (QED) is 0.0790. The molecule has 0 saturated heterocycles. The minimum Gasteiger partial charge on any atom is -0.463 e. The summed E-state index contributed by atoms with van der Waals surface area (Å²) in [5.74, 6) is -0.436. The molecule has 0 aliphatic heterocycles. The Bertz CT molecular complexity index is 1690. The van der Waals surface area contributed by atoms with Gasteiger partial charge in [-0.15, -0.1) is 0 Å². The fourth-order valence-electron chi connectivity index (χ4n) is 5.17. The van der Waals surface area contributed by atoms with Crippen molar-refractivity contribution in [3.05, 3.63) is 79.2 Å². The molecule has 2 heterocycles. The summed E-state index contributed by atoms with van der Waals surface area (Å²) < 4.78 is 93.3. The van der Waals surface area contributed by atoms with Crippen molar-refractivity contribution in [3.63, 3.8) is 0 Å². The number of ether oxygens (including phenoxy) is 2. The Balaban J connectivity index is 0.000000229. The number of unbranched alkanes of at least 4 members (excludes halogenated alkanes) is 3. The minimum absolute atomic E-state index is 0.00717. The molecule has 1 aliphatic rings. The van der Waals surface area contributed by atoms with Gasteiger partial charge in [0.2, 0.25) is 0 Å². The maximum absolute atomic E-state index is 13.4. The third-order valence-corrected chi connectivity index (χ3v) is 9.41. The molecule has 8 nitrogen and oxygen atoms in total. The number of hydrogen-bond acceptors (Lipinski definition) is 8. The van der Waals surface area contributed by atoms with Gasteiger partial charge in [0, 0.05) is 45.0 Å². The topological polar surface area (TPSA) is 76.5 Å². The minimum atomic E-state index is -4.55. The highest BCUT2D eigenvalue weighted by Crippen LogP contribution is 2.39. The molecule has 1 fully saturated rings. The molecule has 0 N–H and O–H groups in total. The van der Waals surface area contributed by atoms with E-state index in [0.29, 0.717) is 18.0 Å². The van der Waals surface area contributed by atoms with Crippen LogP contribution in [0.3, 0.4) is 0 Å². The lowest BCUT2D eigenvalue weighted by molar-refractivity contribution is -0.138. The van der Waals surface area contributed by atoms with Crippen LogP contribution in [0, 0.1) is 7.14 Å². The zero-order valence-corrected chi connectivity index (χ0v) is 32.6. The van der Waals surface area contributed by atoms with E-state index < -0.39 is 23.5 Å². The Morgan fingerprint density at radius 1 is 0.686 bits per heavy atom. The number of rotatable bonds is 12. The Kier molecular flexibility index (Phi) is 14.8. The van der Waals surface area contributed by atoms with Gasteiger partial charge in [-0.3, -0.25) is 0 Å². The number of alkyl halides is 6. The van der Waals surface area contributed by atoms with Crippen LogP contribution in [0.25, 0.3) is 0 Å². The second-order valence-corrected chi connectivity index (χ2v) is 14.3. The van der Waals surface area contributed by atoms with Gasteiger partial charge in [-0.25, -0.2) is 9.97 Å². The molecule has 2 aromatic carbocycles. The second kappa shape index (κ2) is 18.6. The SMILES string of the molecule is CCCCCCOc1ncc(C(F)(F)F)c(N(C)c2ccc(I)cc2)n1.CN(c1ccc(I)cc1)c1nc(OC2CCCC2)ncc1C(F)(F)F. The molecular weight excluding hydrogens is 904 g/mol. The highest BCUT2D eigenvalue weighted by Gasteiger charge is 2.38. The van der Waals surface area contributed by atoms with Crippen molar-refractivity contribution in [1.82, 2.24) is 19.9 Å². The molecule has 1 aliphatic carbocycles. The Morgan fingerprint density at radius 2 is 1.14 bits per heavy atom. The number of aromatic nitrogens is 4. The summed E-state index contributed by atoms with van der Waals surface area (Å²) in [5.41, 5.74) is -0.566. The molecule has 4 aromatic rings. The van der Waals surface area contributed by atoms with Gasteiger partial charge in [0.05, 0.1) is 6.61 Å². The van der Waals surface area contributed by atoms with E-state index in [1.165, 1.54) is 9.80 Å². The lowest BCUT2D eigenvalue weighted by atomic mass is 10.2. The second-order valence-electron chi connectivity index (χ2n) is 11.8. The average molecular weight is 943 g/mol. The van der Waals surface area contributed by atoms with E-state index in [9.17, 15) is 26.3 Å². The molecule has 5 rings (SSSR count). The molecular formula is C35H38F6I2N6O2. The summed E-state index contributed by atoms with van der Waals surface area (Å²) >= 11 is 4.28. The third-order valence-electron chi connectivity index (χ3n) is 7.97. The van der Waals surface area contributed by atoms with E-state index in [0.717, 1.165) is 70.9 Å². The summed E-state index contributed by atoms with van der Waals surface area (Å²) in [6.45, 7) is 2.49. The average Bonchev–Trinajstić information content (AvgIpc) is 3.60. The molecule has 51 heavy (non-hydrogen) atoms. The Hall–Kier alpha value is -3.16. The zero-order valence-electron chi connectivity index (χ0n) is 28.2. The number of hydrogen-bond donors (Lipinski definition) is 0. The van der Waals surface area contributed by atoms with E-state index in [1.54, 1.807) is 38.4 Å². The molecule has 0 bridgehead atoms. The van der Waals surface area contributed by atoms with Gasteiger partial charge >= 0.3 is 24.4 Å². The number of benzene rings is 2. The maximum Gasteiger partial charge on any atom is 0.421 e. The van der Waals surface area contributed by atoms with Crippen LogP contribution in [-0.2, 0) is 12.4 Å². The van der Waals surface area contributed by atoms with Crippen molar-refractivity contribution in [1.29, 1.82) is 0 Å². The van der Waals surface area contributed by atoms with Gasteiger partial charge in [0.15, 0.2) is 11.6 Å². The summed E-state index contributed by atoms with van der Waals surface area (Å²) in [4.78, 5) is 18.4. The van der Waals surface area contributed by atoms with Crippen LogP contribution in [0.2, 0.25) is 0 Å². The first-order chi connectivity index (χ1) is 24.2. The Labute approximate surface area is 320 Å². The van der Waals surface area contributed by atoms with Crippen LogP contribution < -0.4 is 19.3 Å². The Morgan fingerprint density at radius 3 is 1.59 bits per heavy atom. The first kappa shape index (κ1) is 40.6. The number of anilines is 4. The largest absolute Gasteiger partial charge is 0.463 e. The fraction of sp³-hybridized carbons (Fsp3) is 0.429. The molecule has 0 spiro atoms. The lowest BCUT2D eigenvalue weighted by Gasteiger charge is -2.23. The van der Waals surface area contributed by atoms with Gasteiger partial charge in [-0.2, -0.15) is 36.3 Å². The molecule has 16 heteroatoms. The predicted molar refractivity (Wildman–Crippen MR) is 201 cm³/mol. The lowest BCUT2D eigenvalue weighted by Crippen LogP contribution is -2.20.